The topological polar surface area (TPSA) is 69.6 Å². The van der Waals surface area contributed by atoms with Gasteiger partial charge in [0.15, 0.2) is 0 Å². The number of phenolic OH excluding ortho intramolecular Hbond substituents is 1. The van der Waals surface area contributed by atoms with Crippen LogP contribution in [0.4, 0.5) is 0 Å². The van der Waals surface area contributed by atoms with Crippen LogP contribution in [0.1, 0.15) is 59.1 Å². The first-order chi connectivity index (χ1) is 12.9. The molecule has 0 aromatic heterocycles. The number of nitrogens with one attached hydrogen (secondary N) is 1. The van der Waals surface area contributed by atoms with E-state index in [1.807, 2.05) is 39.5 Å². The molecule has 5 nitrogen and oxygen atoms in total. The van der Waals surface area contributed by atoms with E-state index < -0.39 is 15.7 Å². The van der Waals surface area contributed by atoms with Crippen molar-refractivity contribution in [3.05, 3.63) is 27.7 Å². The zero-order valence-corrected chi connectivity index (χ0v) is 19.4. The normalized spacial score (nSPS) is 18.4. The van der Waals surface area contributed by atoms with Gasteiger partial charge in [0.2, 0.25) is 5.91 Å². The third-order valence-electron chi connectivity index (χ3n) is 5.01. The first-order valence-electron chi connectivity index (χ1n) is 9.56. The number of carbonyl (C=O) groups is 1. The Balaban J connectivity index is 2.29. The van der Waals surface area contributed by atoms with Crippen molar-refractivity contribution in [1.82, 2.24) is 9.62 Å². The summed E-state index contributed by atoms with van der Waals surface area (Å²) in [5, 5.41) is 11.1. The number of halogens is 2. The molecule has 2 atom stereocenters. The van der Waals surface area contributed by atoms with E-state index in [4.69, 9.17) is 23.2 Å². The second-order valence-corrected chi connectivity index (χ2v) is 11.4. The van der Waals surface area contributed by atoms with Crippen molar-refractivity contribution in [3.63, 3.8) is 0 Å². The molecule has 1 amide bonds. The van der Waals surface area contributed by atoms with Gasteiger partial charge in [0.05, 0.1) is 31.8 Å². The van der Waals surface area contributed by atoms with Crippen molar-refractivity contribution in [2.45, 2.75) is 58.2 Å². The maximum Gasteiger partial charge on any atom is 0.225 e. The van der Waals surface area contributed by atoms with Crippen LogP contribution >= 0.6 is 23.2 Å². The molecule has 1 saturated heterocycles. The van der Waals surface area contributed by atoms with Crippen LogP contribution in [0.15, 0.2) is 12.1 Å². The van der Waals surface area contributed by atoms with Crippen LogP contribution in [-0.2, 0) is 15.8 Å². The molecule has 2 unspecified atom stereocenters. The minimum Gasteiger partial charge on any atom is -0.508 e. The number of rotatable bonds is 5. The van der Waals surface area contributed by atoms with Gasteiger partial charge >= 0.3 is 0 Å². The van der Waals surface area contributed by atoms with E-state index in [1.54, 1.807) is 6.07 Å². The van der Waals surface area contributed by atoms with Crippen molar-refractivity contribution in [1.29, 1.82) is 0 Å². The fourth-order valence-electron chi connectivity index (χ4n) is 3.32. The Morgan fingerprint density at radius 1 is 1.21 bits per heavy atom. The molecule has 1 aliphatic heterocycles. The van der Waals surface area contributed by atoms with E-state index in [2.05, 4.69) is 4.72 Å². The molecule has 28 heavy (non-hydrogen) atoms. The van der Waals surface area contributed by atoms with Gasteiger partial charge in [-0.25, -0.2) is 8.93 Å². The molecular weight excluding hydrogens is 419 g/mol. The average Bonchev–Trinajstić information content (AvgIpc) is 2.61. The van der Waals surface area contributed by atoms with Gasteiger partial charge in [-0.1, -0.05) is 37.0 Å². The number of aromatic hydroxyl groups is 1. The van der Waals surface area contributed by atoms with Gasteiger partial charge in [-0.05, 0) is 45.6 Å². The number of phenols is 1. The lowest BCUT2D eigenvalue weighted by Gasteiger charge is -2.38. The number of piperidine rings is 1. The Hall–Kier alpha value is -0.820. The highest BCUT2D eigenvalue weighted by Crippen LogP contribution is 2.39. The molecule has 0 aliphatic carbocycles. The van der Waals surface area contributed by atoms with Crippen molar-refractivity contribution in [3.8, 4) is 5.75 Å². The number of nitrogens with zero attached hydrogens (tertiary/aromatic N) is 1. The fraction of sp³-hybridized carbons (Fsp3) is 0.650. The van der Waals surface area contributed by atoms with Crippen molar-refractivity contribution in [2.24, 2.45) is 11.8 Å². The molecule has 1 aliphatic rings. The molecule has 158 valence electrons. The number of hydrogen-bond donors (Lipinski definition) is 2. The molecule has 1 aromatic rings. The summed E-state index contributed by atoms with van der Waals surface area (Å²) in [5.74, 6) is 0.251. The van der Waals surface area contributed by atoms with Crippen LogP contribution in [0.3, 0.4) is 0 Å². The summed E-state index contributed by atoms with van der Waals surface area (Å²) in [6, 6.07) is 2.71. The van der Waals surface area contributed by atoms with Crippen LogP contribution in [0.5, 0.6) is 5.75 Å². The van der Waals surface area contributed by atoms with Gasteiger partial charge in [-0.15, -0.1) is 0 Å². The van der Waals surface area contributed by atoms with Gasteiger partial charge in [-0.3, -0.25) is 4.79 Å². The van der Waals surface area contributed by atoms with Crippen LogP contribution < -0.4 is 4.72 Å². The van der Waals surface area contributed by atoms with E-state index in [9.17, 15) is 14.1 Å². The van der Waals surface area contributed by atoms with Crippen LogP contribution in [0.2, 0.25) is 10.0 Å². The van der Waals surface area contributed by atoms with Crippen molar-refractivity contribution < 1.29 is 14.1 Å². The van der Waals surface area contributed by atoms with Gasteiger partial charge in [0.1, 0.15) is 5.75 Å². The highest BCUT2D eigenvalue weighted by atomic mass is 35.5. The van der Waals surface area contributed by atoms with E-state index >= 15 is 0 Å². The van der Waals surface area contributed by atoms with Gasteiger partial charge in [-0.2, -0.15) is 0 Å². The third kappa shape index (κ3) is 5.62. The van der Waals surface area contributed by atoms with Crippen molar-refractivity contribution >= 4 is 40.1 Å². The smallest absolute Gasteiger partial charge is 0.225 e. The zero-order chi connectivity index (χ0) is 21.2. The summed E-state index contributed by atoms with van der Waals surface area (Å²) < 4.78 is 15.6. The second-order valence-electron chi connectivity index (χ2n) is 8.62. The molecule has 2 rings (SSSR count). The van der Waals surface area contributed by atoms with Crippen molar-refractivity contribution in [2.75, 3.05) is 13.1 Å². The highest BCUT2D eigenvalue weighted by Gasteiger charge is 2.34. The van der Waals surface area contributed by atoms with Gasteiger partial charge < -0.3 is 10.0 Å². The Bertz CT molecular complexity index is 742. The molecule has 1 fully saturated rings. The summed E-state index contributed by atoms with van der Waals surface area (Å²) in [6.45, 7) is 10.8. The Kier molecular flexibility index (Phi) is 7.82. The summed E-state index contributed by atoms with van der Waals surface area (Å²) in [7, 11) is -1.33. The lowest BCUT2D eigenvalue weighted by Crippen LogP contribution is -2.45. The predicted molar refractivity (Wildman–Crippen MR) is 116 cm³/mol. The van der Waals surface area contributed by atoms with Crippen LogP contribution in [-0.4, -0.2) is 38.0 Å². The van der Waals surface area contributed by atoms with Crippen LogP contribution in [0, 0.1) is 11.8 Å². The Labute approximate surface area is 180 Å². The van der Waals surface area contributed by atoms with E-state index in [1.165, 1.54) is 6.07 Å². The van der Waals surface area contributed by atoms with E-state index in [0.717, 1.165) is 12.8 Å². The maximum absolute atomic E-state index is 12.8. The second kappa shape index (κ2) is 9.33. The minimum atomic E-state index is -1.33. The number of hydrogen-bond acceptors (Lipinski definition) is 3. The number of benzene rings is 1. The molecular formula is C20H30Cl2N2O3S. The predicted octanol–water partition coefficient (Wildman–Crippen LogP) is 4.69. The number of carbonyl (C=O) groups excluding carboxylic acids is 1. The van der Waals surface area contributed by atoms with Crippen LogP contribution in [0.25, 0.3) is 0 Å². The summed E-state index contributed by atoms with van der Waals surface area (Å²) in [5.41, 5.74) is 0.584. The molecule has 8 heteroatoms. The lowest BCUT2D eigenvalue weighted by molar-refractivity contribution is -0.136. The number of likely N-dealkylation sites (tertiary alicyclic amines) is 1. The summed E-state index contributed by atoms with van der Waals surface area (Å²) in [4.78, 5) is 14.2. The van der Waals surface area contributed by atoms with Gasteiger partial charge in [0, 0.05) is 30.6 Å². The summed E-state index contributed by atoms with van der Waals surface area (Å²) in [6.07, 6.45) is 1.49. The first-order valence-corrected chi connectivity index (χ1v) is 11.5. The molecule has 2 N–H and O–H groups in total. The number of amides is 1. The maximum atomic E-state index is 12.8. The molecule has 0 bridgehead atoms. The molecule has 1 aromatic carbocycles. The minimum absolute atomic E-state index is 0.0264. The quantitative estimate of drug-likeness (QED) is 0.686. The lowest BCUT2D eigenvalue weighted by atomic mass is 9.85. The first kappa shape index (κ1) is 23.5. The highest BCUT2D eigenvalue weighted by molar-refractivity contribution is 7.84. The molecule has 0 saturated carbocycles. The largest absolute Gasteiger partial charge is 0.508 e. The van der Waals surface area contributed by atoms with Gasteiger partial charge in [0.25, 0.3) is 0 Å². The standard InChI is InChI=1S/C20H30Cl2N2O3S/c1-12(2)19(26)24-8-6-13(7-9-24)18(23-28(27)20(3,4)5)14-10-15(21)16(22)11-17(14)25/h10-13,18,23,25H,6-9H2,1-5H3. The molecule has 1 heterocycles. The fourth-order valence-corrected chi connectivity index (χ4v) is 4.56. The van der Waals surface area contributed by atoms with E-state index in [0.29, 0.717) is 23.7 Å². The Morgan fingerprint density at radius 3 is 2.25 bits per heavy atom. The SMILES string of the molecule is CC(C)C(=O)N1CCC(C(NS(=O)C(C)(C)C)c2cc(Cl)c(Cl)cc2O)CC1. The zero-order valence-electron chi connectivity index (χ0n) is 17.1. The molecule has 0 spiro atoms. The molecule has 0 radical (unpaired) electrons. The average molecular weight is 449 g/mol. The monoisotopic (exact) mass is 448 g/mol. The summed E-state index contributed by atoms with van der Waals surface area (Å²) >= 11 is 12.2. The third-order valence-corrected chi connectivity index (χ3v) is 7.31. The Morgan fingerprint density at radius 2 is 1.75 bits per heavy atom. The van der Waals surface area contributed by atoms with E-state index in [-0.39, 0.29) is 34.6 Å².